The van der Waals surface area contributed by atoms with Crippen LogP contribution in [0.5, 0.6) is 0 Å². The topological polar surface area (TPSA) is 170 Å². The van der Waals surface area contributed by atoms with Gasteiger partial charge in [-0.1, -0.05) is 24.3 Å². The van der Waals surface area contributed by atoms with Gasteiger partial charge in [0, 0.05) is 12.1 Å². The van der Waals surface area contributed by atoms with E-state index in [0.29, 0.717) is 0 Å². The molecule has 0 spiro atoms. The van der Waals surface area contributed by atoms with Crippen LogP contribution in [0.15, 0.2) is 48.5 Å². The standard InChI is InChI=1S/C16H12N2O9/c19-15(20)13(9-5-1-3-7-11(9)17(23)24)27-14(16(21)22)10-6-2-4-8-12(10)18(25)26/h1-8,13-14H,(H,19,20)(H,21,22). The van der Waals surface area contributed by atoms with E-state index < -0.39 is 45.4 Å². The first kappa shape index (κ1) is 19.5. The fourth-order valence-corrected chi connectivity index (χ4v) is 2.42. The van der Waals surface area contributed by atoms with Crippen LogP contribution in [-0.2, 0) is 14.3 Å². The summed E-state index contributed by atoms with van der Waals surface area (Å²) in [5, 5.41) is 41.1. The Morgan fingerprint density at radius 2 is 1.11 bits per heavy atom. The third-order valence-corrected chi connectivity index (χ3v) is 3.55. The Morgan fingerprint density at radius 3 is 1.41 bits per heavy atom. The van der Waals surface area contributed by atoms with Crippen molar-refractivity contribution in [3.8, 4) is 0 Å². The molecule has 0 aromatic heterocycles. The Bertz CT molecular complexity index is 839. The van der Waals surface area contributed by atoms with Crippen LogP contribution in [0.4, 0.5) is 11.4 Å². The summed E-state index contributed by atoms with van der Waals surface area (Å²) in [5.41, 5.74) is -1.95. The van der Waals surface area contributed by atoms with Crippen LogP contribution < -0.4 is 0 Å². The molecule has 27 heavy (non-hydrogen) atoms. The van der Waals surface area contributed by atoms with Crippen LogP contribution in [0.25, 0.3) is 0 Å². The number of aliphatic carboxylic acids is 2. The lowest BCUT2D eigenvalue weighted by atomic mass is 10.0. The van der Waals surface area contributed by atoms with Gasteiger partial charge in [-0.05, 0) is 12.1 Å². The maximum absolute atomic E-state index is 11.6. The van der Waals surface area contributed by atoms with Crippen LogP contribution in [0.2, 0.25) is 0 Å². The van der Waals surface area contributed by atoms with Gasteiger partial charge in [0.05, 0.1) is 21.0 Å². The monoisotopic (exact) mass is 376 g/mol. The molecule has 0 heterocycles. The Hall–Kier alpha value is -3.86. The van der Waals surface area contributed by atoms with Crippen molar-refractivity contribution < 1.29 is 34.4 Å². The van der Waals surface area contributed by atoms with Gasteiger partial charge in [0.1, 0.15) is 0 Å². The number of carbonyl (C=O) groups is 2. The van der Waals surface area contributed by atoms with Crippen molar-refractivity contribution in [2.75, 3.05) is 0 Å². The van der Waals surface area contributed by atoms with Crippen LogP contribution in [-0.4, -0.2) is 32.0 Å². The highest BCUT2D eigenvalue weighted by Crippen LogP contribution is 2.35. The number of carboxylic acid groups (broad SMARTS) is 2. The van der Waals surface area contributed by atoms with E-state index in [4.69, 9.17) is 4.74 Å². The van der Waals surface area contributed by atoms with Crippen LogP contribution in [0.1, 0.15) is 23.3 Å². The zero-order chi connectivity index (χ0) is 20.1. The molecule has 0 radical (unpaired) electrons. The minimum atomic E-state index is -2.03. The first-order valence-electron chi connectivity index (χ1n) is 7.31. The molecule has 11 nitrogen and oxygen atoms in total. The summed E-state index contributed by atoms with van der Waals surface area (Å²) in [6.07, 6.45) is -4.07. The van der Waals surface area contributed by atoms with Gasteiger partial charge in [-0.15, -0.1) is 0 Å². The van der Waals surface area contributed by atoms with Crippen molar-refractivity contribution in [1.82, 2.24) is 0 Å². The van der Waals surface area contributed by atoms with Crippen molar-refractivity contribution in [3.05, 3.63) is 79.9 Å². The van der Waals surface area contributed by atoms with E-state index in [1.807, 2.05) is 0 Å². The average Bonchev–Trinajstić information content (AvgIpc) is 2.61. The summed E-state index contributed by atoms with van der Waals surface area (Å²) >= 11 is 0. The molecule has 140 valence electrons. The molecule has 2 rings (SSSR count). The number of para-hydroxylation sites is 2. The summed E-state index contributed by atoms with van der Waals surface area (Å²) < 4.78 is 5.12. The highest BCUT2D eigenvalue weighted by atomic mass is 16.6. The molecular formula is C16H12N2O9. The lowest BCUT2D eigenvalue weighted by Crippen LogP contribution is -2.24. The average molecular weight is 376 g/mol. The molecule has 0 amide bonds. The fourth-order valence-electron chi connectivity index (χ4n) is 2.42. The van der Waals surface area contributed by atoms with Crippen LogP contribution >= 0.6 is 0 Å². The van der Waals surface area contributed by atoms with Gasteiger partial charge in [0.15, 0.2) is 12.2 Å². The molecule has 2 N–H and O–H groups in total. The predicted octanol–water partition coefficient (Wildman–Crippen LogP) is 2.47. The van der Waals surface area contributed by atoms with Gasteiger partial charge >= 0.3 is 11.9 Å². The zero-order valence-electron chi connectivity index (χ0n) is 13.4. The summed E-state index contributed by atoms with van der Waals surface area (Å²) in [4.78, 5) is 43.8. The smallest absolute Gasteiger partial charge is 0.337 e. The lowest BCUT2D eigenvalue weighted by molar-refractivity contribution is -0.386. The van der Waals surface area contributed by atoms with Crippen molar-refractivity contribution in [3.63, 3.8) is 0 Å². The molecule has 11 heteroatoms. The number of hydrogen-bond acceptors (Lipinski definition) is 7. The molecule has 0 aliphatic carbocycles. The number of hydrogen-bond donors (Lipinski definition) is 2. The van der Waals surface area contributed by atoms with Gasteiger partial charge in [0.25, 0.3) is 11.4 Å². The molecule has 2 unspecified atom stereocenters. The normalized spacial score (nSPS) is 12.7. The number of ether oxygens (including phenoxy) is 1. The second-order valence-corrected chi connectivity index (χ2v) is 5.20. The molecule has 0 aliphatic rings. The van der Waals surface area contributed by atoms with Crippen molar-refractivity contribution in [2.45, 2.75) is 12.2 Å². The highest BCUT2D eigenvalue weighted by molar-refractivity contribution is 5.79. The van der Waals surface area contributed by atoms with Gasteiger partial charge in [0.2, 0.25) is 0 Å². The Morgan fingerprint density at radius 1 is 0.778 bits per heavy atom. The van der Waals surface area contributed by atoms with E-state index in [1.165, 1.54) is 24.3 Å². The Balaban J connectivity index is 2.54. The van der Waals surface area contributed by atoms with E-state index in [2.05, 4.69) is 0 Å². The molecule has 0 fully saturated rings. The number of carboxylic acids is 2. The molecule has 0 saturated carbocycles. The summed E-state index contributed by atoms with van der Waals surface area (Å²) in [6.45, 7) is 0. The number of nitro groups is 2. The fraction of sp³-hybridized carbons (Fsp3) is 0.125. The minimum absolute atomic E-state index is 0.389. The molecule has 2 atom stereocenters. The van der Waals surface area contributed by atoms with Crippen molar-refractivity contribution >= 4 is 23.3 Å². The first-order chi connectivity index (χ1) is 12.7. The van der Waals surface area contributed by atoms with E-state index in [9.17, 15) is 40.0 Å². The minimum Gasteiger partial charge on any atom is -0.479 e. The van der Waals surface area contributed by atoms with Crippen LogP contribution in [0.3, 0.4) is 0 Å². The highest BCUT2D eigenvalue weighted by Gasteiger charge is 2.36. The first-order valence-corrected chi connectivity index (χ1v) is 7.31. The predicted molar refractivity (Wildman–Crippen MR) is 88.0 cm³/mol. The largest absolute Gasteiger partial charge is 0.479 e. The van der Waals surface area contributed by atoms with E-state index in [1.54, 1.807) is 0 Å². The molecule has 0 bridgehead atoms. The van der Waals surface area contributed by atoms with Gasteiger partial charge in [-0.2, -0.15) is 0 Å². The number of benzene rings is 2. The quantitative estimate of drug-likeness (QED) is 0.518. The molecular weight excluding hydrogens is 364 g/mol. The lowest BCUT2D eigenvalue weighted by Gasteiger charge is -2.20. The van der Waals surface area contributed by atoms with Crippen molar-refractivity contribution in [1.29, 1.82) is 0 Å². The van der Waals surface area contributed by atoms with Crippen LogP contribution in [0, 0.1) is 20.2 Å². The molecule has 2 aromatic rings. The maximum Gasteiger partial charge on any atom is 0.337 e. The molecule has 0 saturated heterocycles. The number of nitro benzene ring substituents is 2. The maximum atomic E-state index is 11.6. The Kier molecular flexibility index (Phi) is 5.78. The number of nitrogens with zero attached hydrogens (tertiary/aromatic N) is 2. The van der Waals surface area contributed by atoms with E-state index in [-0.39, 0.29) is 11.1 Å². The summed E-state index contributed by atoms with van der Waals surface area (Å²) in [6, 6.07) is 9.54. The van der Waals surface area contributed by atoms with Crippen molar-refractivity contribution in [2.24, 2.45) is 0 Å². The molecule has 0 aliphatic heterocycles. The van der Waals surface area contributed by atoms with Gasteiger partial charge < -0.3 is 14.9 Å². The zero-order valence-corrected chi connectivity index (χ0v) is 13.4. The van der Waals surface area contributed by atoms with Gasteiger partial charge in [-0.3, -0.25) is 20.2 Å². The Labute approximate surface area is 150 Å². The molecule has 2 aromatic carbocycles. The van der Waals surface area contributed by atoms with E-state index in [0.717, 1.165) is 24.3 Å². The third kappa shape index (κ3) is 4.22. The SMILES string of the molecule is O=C(O)C(OC(C(=O)O)c1ccccc1[N+](=O)[O-])c1ccccc1[N+](=O)[O-]. The van der Waals surface area contributed by atoms with Gasteiger partial charge in [-0.25, -0.2) is 9.59 Å². The summed E-state index contributed by atoms with van der Waals surface area (Å²) in [7, 11) is 0. The third-order valence-electron chi connectivity index (χ3n) is 3.55. The van der Waals surface area contributed by atoms with E-state index >= 15 is 0 Å². The number of rotatable bonds is 8. The summed E-state index contributed by atoms with van der Waals surface area (Å²) in [5.74, 6) is -3.37. The second-order valence-electron chi connectivity index (χ2n) is 5.20. The second kappa shape index (κ2) is 8.01.